The second kappa shape index (κ2) is 13.7. The van der Waals surface area contributed by atoms with Crippen molar-refractivity contribution in [3.63, 3.8) is 0 Å². The minimum Gasteiger partial charge on any atom is -0.497 e. The molecule has 1 unspecified atom stereocenters. The minimum atomic E-state index is -5.08. The van der Waals surface area contributed by atoms with Gasteiger partial charge in [0, 0.05) is 43.5 Å². The fourth-order valence-electron chi connectivity index (χ4n) is 4.01. The number of ether oxygens (including phenoxy) is 1. The molecule has 1 fully saturated rings. The minimum absolute atomic E-state index is 0.197. The predicted octanol–water partition coefficient (Wildman–Crippen LogP) is 4.59. The lowest BCUT2D eigenvalue weighted by molar-refractivity contribution is -0.192. The standard InChI is InChI=1S/C24H31N3O4.C2HF3O2/c1-4-5-17(2)26-12-14-27(15-13-26)22-11-8-19(16-21(22)24(29)30)25-23(28)18-6-9-20(31-3)10-7-18;3-2(4,5)1(6)7/h6-11,16-17H,4-5,12-15H2,1-3H3,(H,25,28)(H,29,30);(H,6,7). The zero-order valence-electron chi connectivity index (χ0n) is 21.4. The number of nitrogens with zero attached hydrogens (tertiary/aromatic N) is 2. The van der Waals surface area contributed by atoms with Crippen molar-refractivity contribution in [1.82, 2.24) is 4.90 Å². The van der Waals surface area contributed by atoms with Crippen LogP contribution < -0.4 is 15.0 Å². The van der Waals surface area contributed by atoms with E-state index < -0.39 is 18.1 Å². The molecule has 1 aliphatic rings. The van der Waals surface area contributed by atoms with Crippen molar-refractivity contribution in [2.24, 2.45) is 0 Å². The van der Waals surface area contributed by atoms with E-state index in [1.165, 1.54) is 12.5 Å². The van der Waals surface area contributed by atoms with Gasteiger partial charge in [-0.05, 0) is 55.8 Å². The monoisotopic (exact) mass is 539 g/mol. The van der Waals surface area contributed by atoms with Gasteiger partial charge < -0.3 is 25.2 Å². The van der Waals surface area contributed by atoms with E-state index in [0.29, 0.717) is 28.7 Å². The highest BCUT2D eigenvalue weighted by Crippen LogP contribution is 2.27. The van der Waals surface area contributed by atoms with Crippen LogP contribution in [0.4, 0.5) is 24.5 Å². The zero-order chi connectivity index (χ0) is 28.5. The average Bonchev–Trinajstić information content (AvgIpc) is 2.88. The quantitative estimate of drug-likeness (QED) is 0.446. The van der Waals surface area contributed by atoms with E-state index in [1.54, 1.807) is 43.5 Å². The number of hydrogen-bond donors (Lipinski definition) is 3. The van der Waals surface area contributed by atoms with Gasteiger partial charge in [0.2, 0.25) is 0 Å². The van der Waals surface area contributed by atoms with Gasteiger partial charge in [0.15, 0.2) is 0 Å². The van der Waals surface area contributed by atoms with Crippen molar-refractivity contribution in [2.45, 2.75) is 38.9 Å². The molecule has 0 spiro atoms. The normalized spacial score (nSPS) is 14.6. The van der Waals surface area contributed by atoms with Crippen LogP contribution in [0.25, 0.3) is 0 Å². The summed E-state index contributed by atoms with van der Waals surface area (Å²) in [5.41, 5.74) is 1.82. The van der Waals surface area contributed by atoms with Gasteiger partial charge in [-0.25, -0.2) is 9.59 Å². The van der Waals surface area contributed by atoms with Crippen LogP contribution >= 0.6 is 0 Å². The van der Waals surface area contributed by atoms with Gasteiger partial charge in [-0.15, -0.1) is 0 Å². The number of hydrogen-bond acceptors (Lipinski definition) is 6. The van der Waals surface area contributed by atoms with Crippen LogP contribution in [0.1, 0.15) is 47.4 Å². The number of methoxy groups -OCH3 is 1. The Morgan fingerprint density at radius 3 is 2.08 bits per heavy atom. The molecule has 3 rings (SSSR count). The molecule has 1 aliphatic heterocycles. The summed E-state index contributed by atoms with van der Waals surface area (Å²) < 4.78 is 36.8. The topological polar surface area (TPSA) is 119 Å². The van der Waals surface area contributed by atoms with Gasteiger partial charge in [0.1, 0.15) is 5.75 Å². The number of carboxylic acid groups (broad SMARTS) is 2. The van der Waals surface area contributed by atoms with Gasteiger partial charge in [0.25, 0.3) is 5.91 Å². The summed E-state index contributed by atoms with van der Waals surface area (Å²) in [6.07, 6.45) is -2.75. The van der Waals surface area contributed by atoms with Crippen LogP contribution in [0.2, 0.25) is 0 Å². The van der Waals surface area contributed by atoms with Crippen molar-refractivity contribution in [1.29, 1.82) is 0 Å². The molecule has 3 N–H and O–H groups in total. The molecule has 1 heterocycles. The number of aliphatic carboxylic acids is 1. The second-order valence-corrected chi connectivity index (χ2v) is 8.68. The number of alkyl halides is 3. The first kappa shape index (κ1) is 30.4. The summed E-state index contributed by atoms with van der Waals surface area (Å²) in [7, 11) is 1.57. The van der Waals surface area contributed by atoms with E-state index in [9.17, 15) is 27.9 Å². The van der Waals surface area contributed by atoms with Crippen LogP contribution in [0, 0.1) is 0 Å². The smallest absolute Gasteiger partial charge is 0.490 e. The zero-order valence-corrected chi connectivity index (χ0v) is 21.4. The Hall–Kier alpha value is -3.80. The fourth-order valence-corrected chi connectivity index (χ4v) is 4.01. The summed E-state index contributed by atoms with van der Waals surface area (Å²) in [5.74, 6) is -3.40. The van der Waals surface area contributed by atoms with Gasteiger partial charge in [-0.3, -0.25) is 9.69 Å². The molecule has 0 bridgehead atoms. The average molecular weight is 540 g/mol. The van der Waals surface area contributed by atoms with Crippen LogP contribution in [0.3, 0.4) is 0 Å². The van der Waals surface area contributed by atoms with Gasteiger partial charge in [0.05, 0.1) is 18.4 Å². The fraction of sp³-hybridized carbons (Fsp3) is 0.423. The van der Waals surface area contributed by atoms with Crippen LogP contribution in [-0.2, 0) is 4.79 Å². The molecule has 0 saturated carbocycles. The number of carboxylic acids is 2. The highest BCUT2D eigenvalue weighted by Gasteiger charge is 2.38. The number of benzene rings is 2. The number of aromatic carboxylic acids is 1. The first-order chi connectivity index (χ1) is 17.9. The van der Waals surface area contributed by atoms with Crippen molar-refractivity contribution >= 4 is 29.2 Å². The first-order valence-electron chi connectivity index (χ1n) is 12.0. The Morgan fingerprint density at radius 1 is 1.03 bits per heavy atom. The Morgan fingerprint density at radius 2 is 1.61 bits per heavy atom. The molecule has 0 aromatic heterocycles. The van der Waals surface area contributed by atoms with Gasteiger partial charge >= 0.3 is 18.1 Å². The van der Waals surface area contributed by atoms with E-state index in [2.05, 4.69) is 29.0 Å². The summed E-state index contributed by atoms with van der Waals surface area (Å²) in [6.45, 7) is 7.84. The Bertz CT molecular complexity index is 1100. The molecular weight excluding hydrogens is 507 g/mol. The lowest BCUT2D eigenvalue weighted by Gasteiger charge is -2.39. The molecule has 1 amide bonds. The molecule has 1 atom stereocenters. The summed E-state index contributed by atoms with van der Waals surface area (Å²) in [4.78, 5) is 37.9. The van der Waals surface area contributed by atoms with E-state index in [0.717, 1.165) is 32.6 Å². The highest BCUT2D eigenvalue weighted by molar-refractivity contribution is 6.05. The van der Waals surface area contributed by atoms with Crippen molar-refractivity contribution in [3.05, 3.63) is 53.6 Å². The molecule has 9 nitrogen and oxygen atoms in total. The maximum Gasteiger partial charge on any atom is 0.490 e. The van der Waals surface area contributed by atoms with Gasteiger partial charge in [-0.2, -0.15) is 13.2 Å². The summed E-state index contributed by atoms with van der Waals surface area (Å²) >= 11 is 0. The number of nitrogens with one attached hydrogen (secondary N) is 1. The Kier molecular flexibility index (Phi) is 10.9. The third-order valence-electron chi connectivity index (χ3n) is 6.06. The number of carbonyl (C=O) groups is 3. The lowest BCUT2D eigenvalue weighted by atomic mass is 10.1. The van der Waals surface area contributed by atoms with E-state index >= 15 is 0 Å². The van der Waals surface area contributed by atoms with Crippen LogP contribution in [0.5, 0.6) is 5.75 Å². The number of amides is 1. The third kappa shape index (κ3) is 8.65. The maximum absolute atomic E-state index is 12.5. The maximum atomic E-state index is 12.5. The predicted molar refractivity (Wildman–Crippen MR) is 136 cm³/mol. The van der Waals surface area contributed by atoms with E-state index in [4.69, 9.17) is 14.6 Å². The molecule has 0 radical (unpaired) electrons. The van der Waals surface area contributed by atoms with Crippen molar-refractivity contribution in [3.8, 4) is 5.75 Å². The molecule has 2 aromatic carbocycles. The van der Waals surface area contributed by atoms with Crippen LogP contribution in [0.15, 0.2) is 42.5 Å². The second-order valence-electron chi connectivity index (χ2n) is 8.68. The molecule has 38 heavy (non-hydrogen) atoms. The van der Waals surface area contributed by atoms with Crippen molar-refractivity contribution < 1.29 is 42.5 Å². The Labute approximate surface area is 218 Å². The Balaban J connectivity index is 0.000000638. The number of anilines is 2. The third-order valence-corrected chi connectivity index (χ3v) is 6.06. The number of carbonyl (C=O) groups excluding carboxylic acids is 1. The summed E-state index contributed by atoms with van der Waals surface area (Å²) in [5, 5.41) is 19.7. The molecule has 0 aliphatic carbocycles. The number of piperazine rings is 1. The molecular formula is C26H32F3N3O6. The largest absolute Gasteiger partial charge is 0.497 e. The highest BCUT2D eigenvalue weighted by atomic mass is 19.4. The number of rotatable bonds is 8. The van der Waals surface area contributed by atoms with E-state index in [-0.39, 0.29) is 11.5 Å². The number of halogens is 3. The first-order valence-corrected chi connectivity index (χ1v) is 12.0. The van der Waals surface area contributed by atoms with Crippen molar-refractivity contribution in [2.75, 3.05) is 43.5 Å². The SMILES string of the molecule is CCCC(C)N1CCN(c2ccc(NC(=O)c3ccc(OC)cc3)cc2C(=O)O)CC1.O=C(O)C(F)(F)F. The lowest BCUT2D eigenvalue weighted by Crippen LogP contribution is -2.49. The molecule has 2 aromatic rings. The van der Waals surface area contributed by atoms with Gasteiger partial charge in [-0.1, -0.05) is 13.3 Å². The summed E-state index contributed by atoms with van der Waals surface area (Å²) in [6, 6.07) is 12.4. The molecule has 12 heteroatoms. The van der Waals surface area contributed by atoms with E-state index in [1.807, 2.05) is 0 Å². The molecule has 208 valence electrons. The molecule has 1 saturated heterocycles. The van der Waals surface area contributed by atoms with Crippen LogP contribution in [-0.4, -0.2) is 78.5 Å².